The predicted octanol–water partition coefficient (Wildman–Crippen LogP) is 2.09. The number of fused-ring (bicyclic) bond motifs is 1. The Balaban J connectivity index is 1.43. The van der Waals surface area contributed by atoms with Crippen molar-refractivity contribution in [3.05, 3.63) is 50.1 Å². The first-order chi connectivity index (χ1) is 19.0. The van der Waals surface area contributed by atoms with Crippen molar-refractivity contribution in [1.82, 2.24) is 29.7 Å². The standard InChI is InChI=1S/C26H31ClF2N8O3/c1-14-12-36(13-15(2)26(14,28)29)25-31-11-18(27)22(34-25)33-16-4-5-19-20(8-16)37(24(40)23(39)35(19)3)7-6-21(38)32-17-9-30-10-17/h4-5,8,11,14-15,17,30H,6-7,9-10,12-13H2,1-3H3,(H,32,38)(H,31,33,34)/t14-,15+. The van der Waals surface area contributed by atoms with Crippen molar-refractivity contribution in [2.24, 2.45) is 18.9 Å². The summed E-state index contributed by atoms with van der Waals surface area (Å²) in [5, 5.41) is 9.30. The summed E-state index contributed by atoms with van der Waals surface area (Å²) in [7, 11) is 1.51. The van der Waals surface area contributed by atoms with Gasteiger partial charge < -0.3 is 30.0 Å². The first-order valence-electron chi connectivity index (χ1n) is 13.1. The Morgan fingerprint density at radius 2 is 1.85 bits per heavy atom. The maximum atomic E-state index is 14.4. The molecule has 2 aromatic heterocycles. The highest BCUT2D eigenvalue weighted by Gasteiger charge is 2.47. The van der Waals surface area contributed by atoms with E-state index in [1.165, 1.54) is 36.2 Å². The summed E-state index contributed by atoms with van der Waals surface area (Å²) < 4.78 is 31.3. The number of aryl methyl sites for hydroxylation is 2. The molecule has 0 bridgehead atoms. The fourth-order valence-electron chi connectivity index (χ4n) is 5.07. The molecule has 4 heterocycles. The summed E-state index contributed by atoms with van der Waals surface area (Å²) in [4.78, 5) is 48.4. The Morgan fingerprint density at radius 1 is 1.15 bits per heavy atom. The molecule has 0 saturated carbocycles. The minimum Gasteiger partial charge on any atom is -0.351 e. The van der Waals surface area contributed by atoms with Crippen molar-refractivity contribution in [3.63, 3.8) is 0 Å². The summed E-state index contributed by atoms with van der Waals surface area (Å²) in [5.74, 6) is -4.20. The molecule has 14 heteroatoms. The van der Waals surface area contributed by atoms with Crippen LogP contribution < -0.4 is 32.0 Å². The van der Waals surface area contributed by atoms with E-state index in [1.54, 1.807) is 23.1 Å². The Morgan fingerprint density at radius 3 is 2.50 bits per heavy atom. The molecule has 2 atom stereocenters. The van der Waals surface area contributed by atoms with Crippen molar-refractivity contribution in [3.8, 4) is 0 Å². The van der Waals surface area contributed by atoms with Gasteiger partial charge in [0.2, 0.25) is 11.9 Å². The minimum atomic E-state index is -2.78. The highest BCUT2D eigenvalue weighted by atomic mass is 35.5. The number of benzene rings is 1. The topological polar surface area (TPSA) is 126 Å². The van der Waals surface area contributed by atoms with Crippen molar-refractivity contribution in [2.45, 2.75) is 38.8 Å². The number of halogens is 3. The average Bonchev–Trinajstić information content (AvgIpc) is 2.89. The molecule has 2 saturated heterocycles. The van der Waals surface area contributed by atoms with Crippen LogP contribution >= 0.6 is 11.6 Å². The van der Waals surface area contributed by atoms with Gasteiger partial charge in [0, 0.05) is 63.7 Å². The van der Waals surface area contributed by atoms with Gasteiger partial charge in [-0.15, -0.1) is 0 Å². The molecule has 2 fully saturated rings. The van der Waals surface area contributed by atoms with Crippen molar-refractivity contribution >= 4 is 46.0 Å². The van der Waals surface area contributed by atoms with Gasteiger partial charge in [-0.25, -0.2) is 13.8 Å². The maximum absolute atomic E-state index is 14.4. The number of aromatic nitrogens is 4. The monoisotopic (exact) mass is 576 g/mol. The van der Waals surface area contributed by atoms with Crippen LogP contribution in [0, 0.1) is 11.8 Å². The van der Waals surface area contributed by atoms with Gasteiger partial charge in [0.15, 0.2) is 5.82 Å². The second-order valence-corrected chi connectivity index (χ2v) is 11.0. The quantitative estimate of drug-likeness (QED) is 0.365. The lowest BCUT2D eigenvalue weighted by Gasteiger charge is -2.41. The number of amides is 1. The van der Waals surface area contributed by atoms with Gasteiger partial charge in [0.1, 0.15) is 5.02 Å². The van der Waals surface area contributed by atoms with Crippen LogP contribution in [0.15, 0.2) is 34.0 Å². The molecule has 0 radical (unpaired) electrons. The Hall–Kier alpha value is -3.58. The number of nitrogens with one attached hydrogen (secondary N) is 3. The van der Waals surface area contributed by atoms with E-state index < -0.39 is 28.9 Å². The van der Waals surface area contributed by atoms with Crippen LogP contribution in [-0.4, -0.2) is 63.2 Å². The van der Waals surface area contributed by atoms with Crippen LogP contribution in [0.3, 0.4) is 0 Å². The Labute approximate surface area is 233 Å². The van der Waals surface area contributed by atoms with E-state index in [-0.39, 0.29) is 54.8 Å². The molecule has 0 spiro atoms. The van der Waals surface area contributed by atoms with Crippen molar-refractivity contribution < 1.29 is 13.6 Å². The fourth-order valence-corrected chi connectivity index (χ4v) is 5.21. The van der Waals surface area contributed by atoms with E-state index in [0.717, 1.165) is 0 Å². The summed E-state index contributed by atoms with van der Waals surface area (Å²) in [6.45, 7) is 4.63. The number of hydrogen-bond acceptors (Lipinski definition) is 8. The molecule has 3 aromatic rings. The lowest BCUT2D eigenvalue weighted by atomic mass is 9.87. The largest absolute Gasteiger partial charge is 0.351 e. The van der Waals surface area contributed by atoms with E-state index in [4.69, 9.17) is 11.6 Å². The first kappa shape index (κ1) is 28.0. The van der Waals surface area contributed by atoms with E-state index in [2.05, 4.69) is 25.9 Å². The molecule has 11 nitrogen and oxygen atoms in total. The van der Waals surface area contributed by atoms with E-state index in [0.29, 0.717) is 29.8 Å². The zero-order valence-corrected chi connectivity index (χ0v) is 23.1. The molecular formula is C26H31ClF2N8O3. The number of anilines is 3. The number of carbonyl (C=O) groups is 1. The normalized spacial score (nSPS) is 20.8. The molecular weight excluding hydrogens is 546 g/mol. The molecule has 0 unspecified atom stereocenters. The lowest BCUT2D eigenvalue weighted by Crippen LogP contribution is -2.57. The lowest BCUT2D eigenvalue weighted by molar-refractivity contribution is -0.122. The molecule has 214 valence electrons. The Bertz CT molecular complexity index is 1560. The second kappa shape index (κ2) is 10.8. The maximum Gasteiger partial charge on any atom is 0.316 e. The van der Waals surface area contributed by atoms with Gasteiger partial charge in [0.25, 0.3) is 5.92 Å². The number of hydrogen-bond donors (Lipinski definition) is 3. The van der Waals surface area contributed by atoms with Crippen LogP contribution in [0.1, 0.15) is 20.3 Å². The molecule has 1 amide bonds. The number of alkyl halides is 2. The summed E-state index contributed by atoms with van der Waals surface area (Å²) in [6, 6.07) is 5.13. The third-order valence-electron chi connectivity index (χ3n) is 7.65. The van der Waals surface area contributed by atoms with Crippen LogP contribution in [0.5, 0.6) is 0 Å². The summed E-state index contributed by atoms with van der Waals surface area (Å²) in [5.41, 5.74) is 0.0309. The van der Waals surface area contributed by atoms with Crippen LogP contribution in [0.2, 0.25) is 5.02 Å². The van der Waals surface area contributed by atoms with Gasteiger partial charge in [-0.3, -0.25) is 14.4 Å². The average molecular weight is 577 g/mol. The summed E-state index contributed by atoms with van der Waals surface area (Å²) >= 11 is 6.38. The van der Waals surface area contributed by atoms with Gasteiger partial charge in [-0.05, 0) is 18.2 Å². The van der Waals surface area contributed by atoms with Crippen LogP contribution in [-0.2, 0) is 18.4 Å². The van der Waals surface area contributed by atoms with E-state index in [9.17, 15) is 23.2 Å². The summed E-state index contributed by atoms with van der Waals surface area (Å²) in [6.07, 6.45) is 1.44. The fraction of sp³-hybridized carbons (Fsp3) is 0.500. The van der Waals surface area contributed by atoms with Gasteiger partial charge >= 0.3 is 11.1 Å². The number of carbonyl (C=O) groups excluding carboxylic acids is 1. The second-order valence-electron chi connectivity index (χ2n) is 10.6. The highest BCUT2D eigenvalue weighted by molar-refractivity contribution is 6.32. The molecule has 2 aliphatic rings. The number of nitrogens with zero attached hydrogens (tertiary/aromatic N) is 5. The smallest absolute Gasteiger partial charge is 0.316 e. The Kier molecular flexibility index (Phi) is 7.53. The van der Waals surface area contributed by atoms with E-state index in [1.807, 2.05) is 0 Å². The van der Waals surface area contributed by atoms with Crippen molar-refractivity contribution in [1.29, 1.82) is 0 Å². The molecule has 40 heavy (non-hydrogen) atoms. The third-order valence-corrected chi connectivity index (χ3v) is 7.93. The molecule has 1 aromatic carbocycles. The molecule has 3 N–H and O–H groups in total. The zero-order valence-electron chi connectivity index (χ0n) is 22.4. The molecule has 2 aliphatic heterocycles. The predicted molar refractivity (Wildman–Crippen MR) is 149 cm³/mol. The van der Waals surface area contributed by atoms with Crippen molar-refractivity contribution in [2.75, 3.05) is 36.4 Å². The highest BCUT2D eigenvalue weighted by Crippen LogP contribution is 2.39. The minimum absolute atomic E-state index is 0.0230. The van der Waals surface area contributed by atoms with Gasteiger partial charge in [0.05, 0.1) is 23.3 Å². The number of rotatable bonds is 7. The first-order valence-corrected chi connectivity index (χ1v) is 13.5. The molecule has 0 aliphatic carbocycles. The van der Waals surface area contributed by atoms with Gasteiger partial charge in [-0.1, -0.05) is 25.4 Å². The molecule has 5 rings (SSSR count). The van der Waals surface area contributed by atoms with Crippen LogP contribution in [0.4, 0.5) is 26.2 Å². The zero-order chi connectivity index (χ0) is 28.8. The third kappa shape index (κ3) is 5.27. The number of piperidine rings is 1. The van der Waals surface area contributed by atoms with Crippen LogP contribution in [0.25, 0.3) is 11.0 Å². The van der Waals surface area contributed by atoms with E-state index >= 15 is 0 Å². The van der Waals surface area contributed by atoms with Gasteiger partial charge in [-0.2, -0.15) is 4.98 Å². The SMILES string of the molecule is C[C@@H]1CN(c2ncc(Cl)c(Nc3ccc4c(c3)n(CCC(=O)NC3CNC3)c(=O)c(=O)n4C)n2)C[C@H](C)C1(F)F.